The van der Waals surface area contributed by atoms with E-state index in [2.05, 4.69) is 16.1 Å². The molecule has 2 aromatic rings. The number of rotatable bonds is 8. The number of carbonyl (C=O) groups is 1. The Morgan fingerprint density at radius 3 is 2.84 bits per heavy atom. The van der Waals surface area contributed by atoms with E-state index in [0.717, 1.165) is 49.3 Å². The second-order valence-electron chi connectivity index (χ2n) is 8.36. The molecule has 1 aliphatic carbocycles. The molecule has 1 saturated heterocycles. The lowest BCUT2D eigenvalue weighted by Crippen LogP contribution is -2.37. The van der Waals surface area contributed by atoms with Crippen LogP contribution in [0.1, 0.15) is 37.8 Å². The summed E-state index contributed by atoms with van der Waals surface area (Å²) < 4.78 is 29.8. The predicted molar refractivity (Wildman–Crippen MR) is 120 cm³/mol. The lowest BCUT2D eigenvalue weighted by molar-refractivity contribution is -0.133. The van der Waals surface area contributed by atoms with E-state index in [-0.39, 0.29) is 11.6 Å². The Balaban J connectivity index is 1.19. The van der Waals surface area contributed by atoms with E-state index in [0.29, 0.717) is 24.5 Å². The molecule has 0 saturated carbocycles. The van der Waals surface area contributed by atoms with Crippen molar-refractivity contribution in [1.29, 1.82) is 0 Å². The summed E-state index contributed by atoms with van der Waals surface area (Å²) in [6.45, 7) is 4.84. The van der Waals surface area contributed by atoms with Gasteiger partial charge >= 0.3 is 0 Å². The van der Waals surface area contributed by atoms with Crippen molar-refractivity contribution in [2.75, 3.05) is 33.4 Å². The summed E-state index contributed by atoms with van der Waals surface area (Å²) in [5.74, 6) is 0.773. The third kappa shape index (κ3) is 4.84. The topological polar surface area (TPSA) is 64.8 Å². The molecule has 0 spiro atoms. The fourth-order valence-electron chi connectivity index (χ4n) is 4.32. The number of fused-ring (bicyclic) bond motifs is 1. The smallest absolute Gasteiger partial charge is 0.170 e. The fourth-order valence-corrected chi connectivity index (χ4v) is 4.32. The Morgan fingerprint density at radius 1 is 1.34 bits per heavy atom. The summed E-state index contributed by atoms with van der Waals surface area (Å²) in [5, 5.41) is 5.13. The number of ether oxygens (including phenoxy) is 2. The van der Waals surface area contributed by atoms with Gasteiger partial charge in [0.1, 0.15) is 23.8 Å². The van der Waals surface area contributed by atoms with Gasteiger partial charge in [-0.2, -0.15) is 0 Å². The van der Waals surface area contributed by atoms with E-state index in [1.54, 1.807) is 25.3 Å². The van der Waals surface area contributed by atoms with Gasteiger partial charge in [-0.1, -0.05) is 17.3 Å². The molecule has 2 heterocycles. The quantitative estimate of drug-likeness (QED) is 0.562. The number of piperidine rings is 1. The lowest BCUT2D eigenvalue weighted by atomic mass is 9.91. The molecule has 0 radical (unpaired) electrons. The monoisotopic (exact) mass is 440 g/mol. The summed E-state index contributed by atoms with van der Waals surface area (Å²) >= 11 is 0. The Bertz CT molecular complexity index is 1050. The molecule has 4 rings (SSSR count). The van der Waals surface area contributed by atoms with Crippen LogP contribution in [0.3, 0.4) is 0 Å². The van der Waals surface area contributed by atoms with Crippen LogP contribution in [0, 0.1) is 5.82 Å². The Morgan fingerprint density at radius 2 is 2.16 bits per heavy atom. The lowest BCUT2D eigenvalue weighted by Gasteiger charge is -2.30. The van der Waals surface area contributed by atoms with Gasteiger partial charge in [-0.3, -0.25) is 9.69 Å². The van der Waals surface area contributed by atoms with E-state index < -0.39 is 5.60 Å². The number of halogens is 1. The second-order valence-corrected chi connectivity index (χ2v) is 8.36. The molecule has 7 heteroatoms. The highest BCUT2D eigenvalue weighted by molar-refractivity contribution is 5.88. The van der Waals surface area contributed by atoms with Crippen molar-refractivity contribution in [3.8, 4) is 0 Å². The highest BCUT2D eigenvalue weighted by Gasteiger charge is 2.33. The number of ketones is 1. The number of benzene rings is 1. The molecule has 1 atom stereocenters. The van der Waals surface area contributed by atoms with E-state index in [1.807, 2.05) is 12.2 Å². The van der Waals surface area contributed by atoms with Gasteiger partial charge in [0, 0.05) is 37.4 Å². The van der Waals surface area contributed by atoms with E-state index in [1.165, 1.54) is 19.1 Å². The first-order valence-electron chi connectivity index (χ1n) is 11.0. The fraction of sp³-hybridized carbons (Fsp3) is 0.440. The van der Waals surface area contributed by atoms with Crippen molar-refractivity contribution >= 4 is 16.8 Å². The van der Waals surface area contributed by atoms with Gasteiger partial charge in [0.15, 0.2) is 11.4 Å². The standard InChI is InChI=1S/C25H29FN2O4/c1-18(29)25(30-2)11-7-21(8-12-25)31-16-4-3-13-28-14-9-19(10-15-28)24-22-6-5-20(26)17-23(22)32-27-24/h3-8,11,17,19H,9-10,12-16H2,1-2H3. The van der Waals surface area contributed by atoms with Crippen LogP contribution >= 0.6 is 0 Å². The number of methoxy groups -OCH3 is 1. The molecule has 1 aliphatic heterocycles. The highest BCUT2D eigenvalue weighted by Crippen LogP contribution is 2.32. The minimum atomic E-state index is -0.858. The summed E-state index contributed by atoms with van der Waals surface area (Å²) in [4.78, 5) is 14.2. The zero-order chi connectivity index (χ0) is 22.6. The molecule has 0 amide bonds. The van der Waals surface area contributed by atoms with Crippen molar-refractivity contribution in [3.63, 3.8) is 0 Å². The summed E-state index contributed by atoms with van der Waals surface area (Å²) in [7, 11) is 1.55. The molecule has 6 nitrogen and oxygen atoms in total. The van der Waals surface area contributed by atoms with Crippen LogP contribution in [0.5, 0.6) is 0 Å². The average molecular weight is 441 g/mol. The molecule has 2 aliphatic rings. The number of hydrogen-bond donors (Lipinski definition) is 0. The van der Waals surface area contributed by atoms with Crippen LogP contribution in [0.15, 0.2) is 58.9 Å². The first kappa shape index (κ1) is 22.4. The Labute approximate surface area is 187 Å². The number of Topliss-reactive ketones (excluding diaryl/α,β-unsaturated/α-hetero) is 1. The van der Waals surface area contributed by atoms with Gasteiger partial charge in [-0.25, -0.2) is 4.39 Å². The van der Waals surface area contributed by atoms with Crippen molar-refractivity contribution in [2.24, 2.45) is 0 Å². The SMILES string of the molecule is COC1(C(C)=O)C=CC(OCC=CCN2CCC(c3noc4cc(F)ccc34)CC2)=CC1. The van der Waals surface area contributed by atoms with Gasteiger partial charge in [0.25, 0.3) is 0 Å². The zero-order valence-corrected chi connectivity index (χ0v) is 18.6. The number of allylic oxidation sites excluding steroid dienone is 1. The Kier molecular flexibility index (Phi) is 6.86. The van der Waals surface area contributed by atoms with Crippen LogP contribution in [0.25, 0.3) is 11.0 Å². The third-order valence-electron chi connectivity index (χ3n) is 6.40. The number of hydrogen-bond acceptors (Lipinski definition) is 6. The average Bonchev–Trinajstić information content (AvgIpc) is 3.22. The highest BCUT2D eigenvalue weighted by atomic mass is 19.1. The maximum Gasteiger partial charge on any atom is 0.170 e. The van der Waals surface area contributed by atoms with Gasteiger partial charge in [0.05, 0.1) is 5.69 Å². The van der Waals surface area contributed by atoms with E-state index in [9.17, 15) is 9.18 Å². The number of aromatic nitrogens is 1. The van der Waals surface area contributed by atoms with Gasteiger partial charge < -0.3 is 14.0 Å². The van der Waals surface area contributed by atoms with Gasteiger partial charge in [-0.05, 0) is 63.2 Å². The van der Waals surface area contributed by atoms with Crippen molar-refractivity contribution in [2.45, 2.75) is 37.7 Å². The minimum Gasteiger partial charge on any atom is -0.490 e. The molecule has 32 heavy (non-hydrogen) atoms. The molecule has 170 valence electrons. The first-order valence-corrected chi connectivity index (χ1v) is 11.0. The maximum absolute atomic E-state index is 13.4. The molecule has 1 aromatic carbocycles. The van der Waals surface area contributed by atoms with Crippen LogP contribution in [-0.4, -0.2) is 54.8 Å². The van der Waals surface area contributed by atoms with Crippen LogP contribution in [0.4, 0.5) is 4.39 Å². The number of carbonyl (C=O) groups excluding carboxylic acids is 1. The van der Waals surface area contributed by atoms with Crippen LogP contribution in [-0.2, 0) is 14.3 Å². The largest absolute Gasteiger partial charge is 0.490 e. The molecule has 0 N–H and O–H groups in total. The van der Waals surface area contributed by atoms with Crippen LogP contribution < -0.4 is 0 Å². The summed E-state index contributed by atoms with van der Waals surface area (Å²) in [6, 6.07) is 4.61. The van der Waals surface area contributed by atoms with E-state index in [4.69, 9.17) is 14.0 Å². The zero-order valence-electron chi connectivity index (χ0n) is 18.6. The van der Waals surface area contributed by atoms with Gasteiger partial charge in [-0.15, -0.1) is 0 Å². The van der Waals surface area contributed by atoms with Gasteiger partial charge in [0.2, 0.25) is 0 Å². The van der Waals surface area contributed by atoms with Crippen molar-refractivity contribution < 1.29 is 23.2 Å². The predicted octanol–water partition coefficient (Wildman–Crippen LogP) is 4.54. The van der Waals surface area contributed by atoms with E-state index >= 15 is 0 Å². The summed E-state index contributed by atoms with van der Waals surface area (Å²) in [6.07, 6.45) is 12.1. The summed E-state index contributed by atoms with van der Waals surface area (Å²) in [5.41, 5.74) is 0.602. The third-order valence-corrected chi connectivity index (χ3v) is 6.40. The number of likely N-dealkylation sites (tertiary alicyclic amines) is 1. The maximum atomic E-state index is 13.4. The minimum absolute atomic E-state index is 0.0131. The number of nitrogens with zero attached hydrogens (tertiary/aromatic N) is 2. The molecular formula is C25H29FN2O4. The molecule has 0 bridgehead atoms. The molecule has 1 aromatic heterocycles. The van der Waals surface area contributed by atoms with Crippen LogP contribution in [0.2, 0.25) is 0 Å². The molecule has 1 unspecified atom stereocenters. The van der Waals surface area contributed by atoms with Crippen molar-refractivity contribution in [3.05, 3.63) is 65.8 Å². The normalized spacial score (nSPS) is 22.5. The Hall–Kier alpha value is -2.77. The molecular weight excluding hydrogens is 411 g/mol. The van der Waals surface area contributed by atoms with Crippen molar-refractivity contribution in [1.82, 2.24) is 10.1 Å². The molecule has 1 fully saturated rings. The second kappa shape index (κ2) is 9.79. The first-order chi connectivity index (χ1) is 15.5.